The number of piperazine rings is 1. The maximum absolute atomic E-state index is 12.7. The molecule has 1 unspecified atom stereocenters. The highest BCUT2D eigenvalue weighted by molar-refractivity contribution is 5.94. The summed E-state index contributed by atoms with van der Waals surface area (Å²) in [6, 6.07) is 19.1. The lowest BCUT2D eigenvalue weighted by atomic mass is 9.95. The molecule has 5 heteroatoms. The van der Waals surface area contributed by atoms with Crippen molar-refractivity contribution in [3.8, 4) is 0 Å². The molecule has 0 N–H and O–H groups in total. The number of benzene rings is 2. The Morgan fingerprint density at radius 3 is 2.07 bits per heavy atom. The zero-order chi connectivity index (χ0) is 20.6. The third-order valence-corrected chi connectivity index (χ3v) is 5.80. The van der Waals surface area contributed by atoms with E-state index >= 15 is 0 Å². The lowest BCUT2D eigenvalue weighted by molar-refractivity contribution is 0.0773. The van der Waals surface area contributed by atoms with Gasteiger partial charge in [-0.15, -0.1) is 19.0 Å². The van der Waals surface area contributed by atoms with Crippen LogP contribution in [0.3, 0.4) is 0 Å². The Morgan fingerprint density at radius 1 is 0.967 bits per heavy atom. The standard InChI is InChI=1S/C25H33N3O.ClH/c1-4-16-26-17-19-28(20-18-26)24(21-10-8-7-9-11-21)22-12-14-23(15-13-22)25(29)27(5-2)6-3;/h4,7-15,24H,1,5-6,16-20H2,2-3H3;1H. The number of nitrogens with zero attached hydrogens (tertiary/aromatic N) is 3. The third kappa shape index (κ3) is 5.72. The van der Waals surface area contributed by atoms with E-state index in [1.807, 2.05) is 37.0 Å². The quantitative estimate of drug-likeness (QED) is 0.581. The van der Waals surface area contributed by atoms with Gasteiger partial charge in [0.25, 0.3) is 5.91 Å². The van der Waals surface area contributed by atoms with E-state index in [4.69, 9.17) is 0 Å². The molecule has 1 heterocycles. The predicted octanol–water partition coefficient (Wildman–Crippen LogP) is 4.48. The first kappa shape index (κ1) is 24.1. The normalized spacial score (nSPS) is 15.8. The van der Waals surface area contributed by atoms with Crippen LogP contribution in [0.5, 0.6) is 0 Å². The Labute approximate surface area is 187 Å². The van der Waals surface area contributed by atoms with Gasteiger partial charge in [0.15, 0.2) is 0 Å². The monoisotopic (exact) mass is 427 g/mol. The molecule has 1 atom stereocenters. The molecule has 162 valence electrons. The second kappa shape index (κ2) is 11.9. The molecule has 0 radical (unpaired) electrons. The number of rotatable bonds is 8. The first-order valence-electron chi connectivity index (χ1n) is 10.7. The second-order valence-electron chi connectivity index (χ2n) is 7.54. The number of hydrogen-bond acceptors (Lipinski definition) is 3. The lowest BCUT2D eigenvalue weighted by Crippen LogP contribution is -2.47. The largest absolute Gasteiger partial charge is 0.339 e. The number of halogens is 1. The van der Waals surface area contributed by atoms with E-state index in [1.54, 1.807) is 0 Å². The van der Waals surface area contributed by atoms with E-state index < -0.39 is 0 Å². The Morgan fingerprint density at radius 2 is 1.53 bits per heavy atom. The predicted molar refractivity (Wildman–Crippen MR) is 127 cm³/mol. The van der Waals surface area contributed by atoms with Crippen molar-refractivity contribution in [1.29, 1.82) is 0 Å². The number of hydrogen-bond donors (Lipinski definition) is 0. The second-order valence-corrected chi connectivity index (χ2v) is 7.54. The van der Waals surface area contributed by atoms with Crippen molar-refractivity contribution < 1.29 is 4.79 Å². The highest BCUT2D eigenvalue weighted by atomic mass is 35.5. The zero-order valence-electron chi connectivity index (χ0n) is 18.2. The van der Waals surface area contributed by atoms with Crippen LogP contribution in [-0.2, 0) is 0 Å². The van der Waals surface area contributed by atoms with Crippen LogP contribution < -0.4 is 0 Å². The summed E-state index contributed by atoms with van der Waals surface area (Å²) in [5, 5.41) is 0. The average Bonchev–Trinajstić information content (AvgIpc) is 2.77. The van der Waals surface area contributed by atoms with Crippen LogP contribution >= 0.6 is 12.4 Å². The van der Waals surface area contributed by atoms with E-state index in [2.05, 4.69) is 58.8 Å². The Kier molecular flexibility index (Phi) is 9.57. The van der Waals surface area contributed by atoms with Crippen molar-refractivity contribution in [2.24, 2.45) is 0 Å². The smallest absolute Gasteiger partial charge is 0.253 e. The fourth-order valence-electron chi connectivity index (χ4n) is 4.14. The Bertz CT molecular complexity index is 782. The number of amides is 1. The summed E-state index contributed by atoms with van der Waals surface area (Å²) in [4.78, 5) is 19.5. The fourth-order valence-corrected chi connectivity index (χ4v) is 4.14. The highest BCUT2D eigenvalue weighted by Crippen LogP contribution is 2.30. The van der Waals surface area contributed by atoms with Crippen molar-refractivity contribution >= 4 is 18.3 Å². The summed E-state index contributed by atoms with van der Waals surface area (Å²) >= 11 is 0. The zero-order valence-corrected chi connectivity index (χ0v) is 19.0. The molecule has 2 aromatic carbocycles. The maximum Gasteiger partial charge on any atom is 0.253 e. The highest BCUT2D eigenvalue weighted by Gasteiger charge is 2.26. The topological polar surface area (TPSA) is 26.8 Å². The minimum atomic E-state index is 0. The van der Waals surface area contributed by atoms with E-state index in [0.717, 1.165) is 51.4 Å². The molecule has 0 aromatic heterocycles. The lowest BCUT2D eigenvalue weighted by Gasteiger charge is -2.39. The van der Waals surface area contributed by atoms with Crippen LogP contribution in [0.25, 0.3) is 0 Å². The van der Waals surface area contributed by atoms with E-state index in [1.165, 1.54) is 11.1 Å². The van der Waals surface area contributed by atoms with Gasteiger partial charge in [-0.3, -0.25) is 14.6 Å². The van der Waals surface area contributed by atoms with E-state index in [-0.39, 0.29) is 24.4 Å². The molecule has 30 heavy (non-hydrogen) atoms. The number of carbonyl (C=O) groups is 1. The van der Waals surface area contributed by atoms with Gasteiger partial charge in [-0.25, -0.2) is 0 Å². The van der Waals surface area contributed by atoms with Crippen molar-refractivity contribution in [3.63, 3.8) is 0 Å². The van der Waals surface area contributed by atoms with Crippen LogP contribution in [0, 0.1) is 0 Å². The summed E-state index contributed by atoms with van der Waals surface area (Å²) in [7, 11) is 0. The summed E-state index contributed by atoms with van der Waals surface area (Å²) < 4.78 is 0. The molecule has 0 aliphatic carbocycles. The van der Waals surface area contributed by atoms with Crippen LogP contribution in [0.4, 0.5) is 0 Å². The molecule has 1 saturated heterocycles. The van der Waals surface area contributed by atoms with Crippen LogP contribution in [0.1, 0.15) is 41.4 Å². The molecule has 0 saturated carbocycles. The van der Waals surface area contributed by atoms with Gasteiger partial charge in [0.2, 0.25) is 0 Å². The summed E-state index contributed by atoms with van der Waals surface area (Å²) in [6.45, 7) is 14.5. The van der Waals surface area contributed by atoms with Gasteiger partial charge in [0, 0.05) is 51.4 Å². The minimum Gasteiger partial charge on any atom is -0.339 e. The summed E-state index contributed by atoms with van der Waals surface area (Å²) in [5.74, 6) is 0.107. The van der Waals surface area contributed by atoms with Crippen molar-refractivity contribution in [2.45, 2.75) is 19.9 Å². The molecule has 1 fully saturated rings. The Balaban J connectivity index is 0.00000320. The molecule has 1 amide bonds. The third-order valence-electron chi connectivity index (χ3n) is 5.80. The number of carbonyl (C=O) groups excluding carboxylic acids is 1. The van der Waals surface area contributed by atoms with Gasteiger partial charge < -0.3 is 4.90 Å². The molecule has 0 bridgehead atoms. The van der Waals surface area contributed by atoms with Gasteiger partial charge in [-0.1, -0.05) is 48.5 Å². The minimum absolute atomic E-state index is 0. The van der Waals surface area contributed by atoms with E-state index in [0.29, 0.717) is 0 Å². The molecule has 3 rings (SSSR count). The van der Waals surface area contributed by atoms with Gasteiger partial charge in [-0.2, -0.15) is 0 Å². The molecule has 0 spiro atoms. The fraction of sp³-hybridized carbons (Fsp3) is 0.400. The van der Waals surface area contributed by atoms with E-state index in [9.17, 15) is 4.79 Å². The first-order chi connectivity index (χ1) is 14.2. The molecule has 1 aliphatic rings. The van der Waals surface area contributed by atoms with Crippen LogP contribution in [-0.4, -0.2) is 66.4 Å². The molecule has 1 aliphatic heterocycles. The molecular formula is C25H34ClN3O. The summed E-state index contributed by atoms with van der Waals surface area (Å²) in [5.41, 5.74) is 3.30. The van der Waals surface area contributed by atoms with Gasteiger partial charge in [0.05, 0.1) is 6.04 Å². The summed E-state index contributed by atoms with van der Waals surface area (Å²) in [6.07, 6.45) is 1.98. The SMILES string of the molecule is C=CCN1CCN(C(c2ccccc2)c2ccc(C(=O)N(CC)CC)cc2)CC1.Cl. The van der Waals surface area contributed by atoms with Gasteiger partial charge in [-0.05, 0) is 37.1 Å². The van der Waals surface area contributed by atoms with Crippen molar-refractivity contribution in [3.05, 3.63) is 83.9 Å². The molecule has 2 aromatic rings. The van der Waals surface area contributed by atoms with Crippen LogP contribution in [0.2, 0.25) is 0 Å². The van der Waals surface area contributed by atoms with Crippen LogP contribution in [0.15, 0.2) is 67.3 Å². The maximum atomic E-state index is 12.7. The first-order valence-corrected chi connectivity index (χ1v) is 10.7. The Hall–Kier alpha value is -2.14. The van der Waals surface area contributed by atoms with Gasteiger partial charge >= 0.3 is 0 Å². The molecular weight excluding hydrogens is 394 g/mol. The van der Waals surface area contributed by atoms with Gasteiger partial charge in [0.1, 0.15) is 0 Å². The van der Waals surface area contributed by atoms with Crippen molar-refractivity contribution in [1.82, 2.24) is 14.7 Å². The average molecular weight is 428 g/mol. The molecule has 4 nitrogen and oxygen atoms in total. The van der Waals surface area contributed by atoms with Crippen molar-refractivity contribution in [2.75, 3.05) is 45.8 Å².